The first-order valence-corrected chi connectivity index (χ1v) is 15.7. The normalized spacial score (nSPS) is 15.2. The molecule has 0 bridgehead atoms. The van der Waals surface area contributed by atoms with Crippen molar-refractivity contribution in [2.75, 3.05) is 23.1 Å². The molecular weight excluding hydrogens is 569 g/mol. The number of amides is 1. The fourth-order valence-electron chi connectivity index (χ4n) is 4.19. The minimum atomic E-state index is -3.91. The van der Waals surface area contributed by atoms with Gasteiger partial charge in [0.25, 0.3) is 10.0 Å². The van der Waals surface area contributed by atoms with E-state index in [0.29, 0.717) is 23.6 Å². The Hall–Kier alpha value is -2.63. The number of piperidine rings is 1. The first-order chi connectivity index (χ1) is 17.9. The highest BCUT2D eigenvalue weighted by atomic mass is 35.5. The van der Waals surface area contributed by atoms with Crippen molar-refractivity contribution in [2.45, 2.75) is 30.4 Å². The Bertz CT molecular complexity index is 1540. The molecule has 38 heavy (non-hydrogen) atoms. The van der Waals surface area contributed by atoms with Gasteiger partial charge in [0.15, 0.2) is 0 Å². The van der Waals surface area contributed by atoms with Crippen molar-refractivity contribution in [1.82, 2.24) is 4.31 Å². The maximum absolute atomic E-state index is 12.9. The maximum Gasteiger partial charge on any atom is 0.261 e. The molecule has 0 saturated carbocycles. The molecule has 1 fully saturated rings. The van der Waals surface area contributed by atoms with Crippen molar-refractivity contribution in [3.63, 3.8) is 0 Å². The number of benzene rings is 3. The lowest BCUT2D eigenvalue weighted by Crippen LogP contribution is -2.41. The van der Waals surface area contributed by atoms with Crippen molar-refractivity contribution in [3.8, 4) is 0 Å². The Labute approximate surface area is 233 Å². The van der Waals surface area contributed by atoms with E-state index < -0.39 is 20.0 Å². The monoisotopic (exact) mass is 595 g/mol. The first-order valence-electron chi connectivity index (χ1n) is 11.9. The molecule has 0 aromatic heterocycles. The molecular formula is C26H27Cl2N3O5S2. The molecule has 0 unspecified atom stereocenters. The lowest BCUT2D eigenvalue weighted by Gasteiger charge is -2.30. The summed E-state index contributed by atoms with van der Waals surface area (Å²) in [6.07, 6.45) is 0.800. The molecule has 3 aromatic rings. The molecule has 1 aliphatic rings. The van der Waals surface area contributed by atoms with Gasteiger partial charge in [-0.1, -0.05) is 47.5 Å². The van der Waals surface area contributed by atoms with Gasteiger partial charge in [-0.3, -0.25) is 9.52 Å². The zero-order chi connectivity index (χ0) is 27.5. The van der Waals surface area contributed by atoms with Gasteiger partial charge in [0.1, 0.15) is 0 Å². The van der Waals surface area contributed by atoms with Crippen molar-refractivity contribution in [2.24, 2.45) is 5.92 Å². The van der Waals surface area contributed by atoms with E-state index in [1.807, 2.05) is 31.2 Å². The number of aryl methyl sites for hydroxylation is 1. The third kappa shape index (κ3) is 6.86. The Morgan fingerprint density at radius 3 is 2.24 bits per heavy atom. The molecule has 1 amide bonds. The van der Waals surface area contributed by atoms with Gasteiger partial charge in [0, 0.05) is 29.7 Å². The summed E-state index contributed by atoms with van der Waals surface area (Å²) in [5.74, 6) is -0.648. The molecule has 0 spiro atoms. The van der Waals surface area contributed by atoms with E-state index in [1.54, 1.807) is 0 Å². The van der Waals surface area contributed by atoms with Crippen LogP contribution in [0.15, 0.2) is 71.6 Å². The van der Waals surface area contributed by atoms with Crippen LogP contribution in [-0.4, -0.2) is 40.1 Å². The molecule has 4 rings (SSSR count). The smallest absolute Gasteiger partial charge is 0.261 e. The fraction of sp³-hybridized carbons (Fsp3) is 0.269. The molecule has 0 radical (unpaired) electrons. The van der Waals surface area contributed by atoms with Crippen LogP contribution in [0.1, 0.15) is 24.0 Å². The lowest BCUT2D eigenvalue weighted by molar-refractivity contribution is -0.120. The van der Waals surface area contributed by atoms with E-state index in [0.717, 1.165) is 11.1 Å². The average Bonchev–Trinajstić information content (AvgIpc) is 2.87. The highest BCUT2D eigenvalue weighted by Crippen LogP contribution is 2.28. The van der Waals surface area contributed by atoms with Gasteiger partial charge in [-0.2, -0.15) is 0 Å². The molecule has 1 saturated heterocycles. The second kappa shape index (κ2) is 11.6. The molecule has 3 aromatic carbocycles. The van der Waals surface area contributed by atoms with Crippen LogP contribution in [0.2, 0.25) is 10.0 Å². The summed E-state index contributed by atoms with van der Waals surface area (Å²) in [6, 6.07) is 17.6. The SMILES string of the molecule is Cc1ccccc1CS(=O)(=O)N1CCC(C(=O)Nc2ccc(S(=O)(=O)Nc3ccc(Cl)cc3Cl)cc2)CC1. The third-order valence-corrected chi connectivity index (χ3v) is 10.2. The maximum atomic E-state index is 12.9. The lowest BCUT2D eigenvalue weighted by atomic mass is 9.97. The van der Waals surface area contributed by atoms with Crippen LogP contribution < -0.4 is 10.0 Å². The number of anilines is 2. The zero-order valence-electron chi connectivity index (χ0n) is 20.5. The summed E-state index contributed by atoms with van der Waals surface area (Å²) in [4.78, 5) is 12.8. The van der Waals surface area contributed by atoms with Gasteiger partial charge >= 0.3 is 0 Å². The predicted octanol–water partition coefficient (Wildman–Crippen LogP) is 5.28. The molecule has 0 atom stereocenters. The largest absolute Gasteiger partial charge is 0.326 e. The molecule has 1 aliphatic heterocycles. The number of nitrogens with zero attached hydrogens (tertiary/aromatic N) is 1. The summed E-state index contributed by atoms with van der Waals surface area (Å²) in [6.45, 7) is 2.42. The topological polar surface area (TPSA) is 113 Å². The van der Waals surface area contributed by atoms with Crippen molar-refractivity contribution in [3.05, 3.63) is 87.9 Å². The number of carbonyl (C=O) groups excluding carboxylic acids is 1. The average molecular weight is 597 g/mol. The number of nitrogens with one attached hydrogen (secondary N) is 2. The van der Waals surface area contributed by atoms with Gasteiger partial charge in [0.2, 0.25) is 15.9 Å². The molecule has 2 N–H and O–H groups in total. The number of sulfonamides is 2. The number of hydrogen-bond acceptors (Lipinski definition) is 5. The van der Waals surface area contributed by atoms with Crippen molar-refractivity contribution < 1.29 is 21.6 Å². The van der Waals surface area contributed by atoms with E-state index in [1.165, 1.54) is 46.8 Å². The van der Waals surface area contributed by atoms with Crippen LogP contribution in [0.4, 0.5) is 11.4 Å². The zero-order valence-corrected chi connectivity index (χ0v) is 23.7. The van der Waals surface area contributed by atoms with Crippen LogP contribution in [0, 0.1) is 12.8 Å². The third-order valence-electron chi connectivity index (χ3n) is 6.42. The van der Waals surface area contributed by atoms with E-state index in [-0.39, 0.29) is 46.3 Å². The molecule has 0 aliphatic carbocycles. The summed E-state index contributed by atoms with van der Waals surface area (Å²) in [7, 11) is -7.40. The summed E-state index contributed by atoms with van der Waals surface area (Å²) < 4.78 is 55.1. The Kier molecular flexibility index (Phi) is 8.68. The Balaban J connectivity index is 1.33. The van der Waals surface area contributed by atoms with Gasteiger partial charge in [-0.15, -0.1) is 0 Å². The van der Waals surface area contributed by atoms with E-state index in [2.05, 4.69) is 10.0 Å². The number of rotatable bonds is 8. The molecule has 8 nitrogen and oxygen atoms in total. The van der Waals surface area contributed by atoms with Crippen LogP contribution >= 0.6 is 23.2 Å². The van der Waals surface area contributed by atoms with Crippen LogP contribution in [-0.2, 0) is 30.6 Å². The van der Waals surface area contributed by atoms with E-state index >= 15 is 0 Å². The number of hydrogen-bond donors (Lipinski definition) is 2. The highest BCUT2D eigenvalue weighted by Gasteiger charge is 2.31. The standard InChI is InChI=1S/C26H27Cl2N3O5S2/c1-18-4-2-3-5-20(18)17-37(33,34)31-14-12-19(13-15-31)26(32)29-22-7-9-23(10-8-22)38(35,36)30-25-11-6-21(27)16-24(25)28/h2-11,16,19,30H,12-15,17H2,1H3,(H,29,32). The highest BCUT2D eigenvalue weighted by molar-refractivity contribution is 7.92. The fourth-order valence-corrected chi connectivity index (χ4v) is 7.45. The number of carbonyl (C=O) groups is 1. The van der Waals surface area contributed by atoms with E-state index in [4.69, 9.17) is 23.2 Å². The summed E-state index contributed by atoms with van der Waals surface area (Å²) in [5.41, 5.74) is 2.33. The minimum absolute atomic E-state index is 0.00585. The summed E-state index contributed by atoms with van der Waals surface area (Å²) in [5, 5.41) is 3.35. The van der Waals surface area contributed by atoms with E-state index in [9.17, 15) is 21.6 Å². The molecule has 1 heterocycles. The first kappa shape index (κ1) is 28.4. The van der Waals surface area contributed by atoms with Crippen LogP contribution in [0.3, 0.4) is 0 Å². The molecule has 202 valence electrons. The Morgan fingerprint density at radius 2 is 1.61 bits per heavy atom. The van der Waals surface area contributed by atoms with Crippen molar-refractivity contribution >= 4 is 60.5 Å². The van der Waals surface area contributed by atoms with Crippen molar-refractivity contribution in [1.29, 1.82) is 0 Å². The second-order valence-electron chi connectivity index (χ2n) is 9.10. The molecule has 12 heteroatoms. The predicted molar refractivity (Wildman–Crippen MR) is 150 cm³/mol. The Morgan fingerprint density at radius 1 is 0.947 bits per heavy atom. The van der Waals surface area contributed by atoms with Gasteiger partial charge < -0.3 is 5.32 Å². The van der Waals surface area contributed by atoms with Gasteiger partial charge in [0.05, 0.1) is 21.4 Å². The second-order valence-corrected chi connectivity index (χ2v) is 13.6. The minimum Gasteiger partial charge on any atom is -0.326 e. The van der Waals surface area contributed by atoms with Crippen LogP contribution in [0.25, 0.3) is 0 Å². The van der Waals surface area contributed by atoms with Crippen LogP contribution in [0.5, 0.6) is 0 Å². The summed E-state index contributed by atoms with van der Waals surface area (Å²) >= 11 is 11.9. The number of halogens is 2. The van der Waals surface area contributed by atoms with Gasteiger partial charge in [-0.05, 0) is 73.4 Å². The van der Waals surface area contributed by atoms with Gasteiger partial charge in [-0.25, -0.2) is 21.1 Å². The quantitative estimate of drug-likeness (QED) is 0.367.